The van der Waals surface area contributed by atoms with Crippen LogP contribution in [0.3, 0.4) is 0 Å². The third-order valence-corrected chi connectivity index (χ3v) is 7.36. The van der Waals surface area contributed by atoms with Crippen LogP contribution in [0.5, 0.6) is 0 Å². The van der Waals surface area contributed by atoms with Gasteiger partial charge < -0.3 is 19.9 Å². The number of aryl methyl sites for hydroxylation is 2. The van der Waals surface area contributed by atoms with E-state index < -0.39 is 24.1 Å². The number of hydrogen-bond acceptors (Lipinski definition) is 8. The molecule has 3 aromatic heterocycles. The second-order valence-corrected chi connectivity index (χ2v) is 9.19. The number of carbonyl (C=O) groups is 2. The molecule has 2 unspecified atom stereocenters. The summed E-state index contributed by atoms with van der Waals surface area (Å²) in [6.45, 7) is 2.08. The van der Waals surface area contributed by atoms with Crippen LogP contribution < -0.4 is 10.2 Å². The standard InChI is InChI=1S/C19H20Cl2FN7O3S/c1-8-11(20)12(21)13(25-8)17(30)26-10-4-5-29(6-9(10)22)19-27-14(15(33-19)18(31)32-3)16-23-7-24-28(16)2/h7,9-10,25H,4-6H2,1-3H3,(H,26,30). The van der Waals surface area contributed by atoms with E-state index in [2.05, 4.69) is 25.4 Å². The normalized spacial score (nSPS) is 18.4. The molecule has 1 amide bonds. The topological polar surface area (TPSA) is 118 Å². The minimum Gasteiger partial charge on any atom is -0.465 e. The molecule has 0 bridgehead atoms. The van der Waals surface area contributed by atoms with Gasteiger partial charge in [-0.15, -0.1) is 0 Å². The number of ether oxygens (including phenoxy) is 1. The fraction of sp³-hybridized carbons (Fsp3) is 0.421. The molecule has 2 atom stereocenters. The molecule has 1 aliphatic heterocycles. The number of nitrogens with one attached hydrogen (secondary N) is 2. The van der Waals surface area contributed by atoms with Gasteiger partial charge >= 0.3 is 5.97 Å². The first-order valence-electron chi connectivity index (χ1n) is 9.88. The van der Waals surface area contributed by atoms with Crippen LogP contribution in [-0.2, 0) is 11.8 Å². The third kappa shape index (κ3) is 4.42. The second-order valence-electron chi connectivity index (χ2n) is 7.46. The van der Waals surface area contributed by atoms with Gasteiger partial charge in [-0.3, -0.25) is 4.79 Å². The molecule has 0 aliphatic carbocycles. The number of hydrogen-bond donors (Lipinski definition) is 2. The van der Waals surface area contributed by atoms with Gasteiger partial charge in [0.1, 0.15) is 28.8 Å². The SMILES string of the molecule is COC(=O)c1sc(N2CCC(NC(=O)c3[nH]c(C)c(Cl)c3Cl)C(F)C2)nc1-c1ncnn1C. The van der Waals surface area contributed by atoms with Crippen LogP contribution in [0.25, 0.3) is 11.5 Å². The van der Waals surface area contributed by atoms with Crippen molar-refractivity contribution < 1.29 is 18.7 Å². The van der Waals surface area contributed by atoms with Crippen LogP contribution in [0, 0.1) is 6.92 Å². The molecule has 3 aromatic rings. The van der Waals surface area contributed by atoms with Gasteiger partial charge in [0.05, 0.1) is 29.7 Å². The van der Waals surface area contributed by atoms with Gasteiger partial charge in [0.15, 0.2) is 11.0 Å². The molecular weight excluding hydrogens is 496 g/mol. The van der Waals surface area contributed by atoms with E-state index in [-0.39, 0.29) is 27.2 Å². The molecule has 176 valence electrons. The molecular formula is C19H20Cl2FN7O3S. The van der Waals surface area contributed by atoms with Crippen molar-refractivity contribution in [2.45, 2.75) is 25.6 Å². The van der Waals surface area contributed by atoms with Gasteiger partial charge in [0.2, 0.25) is 0 Å². The highest BCUT2D eigenvalue weighted by Gasteiger charge is 2.34. The summed E-state index contributed by atoms with van der Waals surface area (Å²) in [4.78, 5) is 38.3. The average Bonchev–Trinajstić information content (AvgIpc) is 3.48. The number of esters is 1. The van der Waals surface area contributed by atoms with Crippen molar-refractivity contribution >= 4 is 51.5 Å². The highest BCUT2D eigenvalue weighted by Crippen LogP contribution is 2.34. The predicted molar refractivity (Wildman–Crippen MR) is 122 cm³/mol. The highest BCUT2D eigenvalue weighted by atomic mass is 35.5. The first kappa shape index (κ1) is 23.5. The molecule has 1 fully saturated rings. The fourth-order valence-corrected chi connectivity index (χ4v) is 4.98. The Hall–Kier alpha value is -2.70. The van der Waals surface area contributed by atoms with Gasteiger partial charge in [-0.25, -0.2) is 23.8 Å². The Morgan fingerprint density at radius 2 is 2.12 bits per heavy atom. The largest absolute Gasteiger partial charge is 0.465 e. The van der Waals surface area contributed by atoms with E-state index in [0.29, 0.717) is 35.3 Å². The summed E-state index contributed by atoms with van der Waals surface area (Å²) < 4.78 is 21.4. The van der Waals surface area contributed by atoms with Crippen LogP contribution in [0.2, 0.25) is 10.0 Å². The maximum absolute atomic E-state index is 15.0. The number of amides is 1. The van der Waals surface area contributed by atoms with E-state index in [1.807, 2.05) is 0 Å². The summed E-state index contributed by atoms with van der Waals surface area (Å²) >= 11 is 13.2. The van der Waals surface area contributed by atoms with Gasteiger partial charge in [-0.1, -0.05) is 34.5 Å². The van der Waals surface area contributed by atoms with E-state index in [4.69, 9.17) is 27.9 Å². The van der Waals surface area contributed by atoms with Crippen molar-refractivity contribution in [2.24, 2.45) is 7.05 Å². The Kier molecular flexibility index (Phi) is 6.59. The van der Waals surface area contributed by atoms with Crippen LogP contribution in [0.1, 0.15) is 32.3 Å². The number of aromatic nitrogens is 5. The lowest BCUT2D eigenvalue weighted by molar-refractivity contribution is 0.0606. The minimum atomic E-state index is -1.38. The summed E-state index contributed by atoms with van der Waals surface area (Å²) in [5.41, 5.74) is 0.980. The molecule has 0 spiro atoms. The van der Waals surface area contributed by atoms with Crippen molar-refractivity contribution in [2.75, 3.05) is 25.1 Å². The lowest BCUT2D eigenvalue weighted by Crippen LogP contribution is -2.52. The first-order valence-corrected chi connectivity index (χ1v) is 11.5. The monoisotopic (exact) mass is 515 g/mol. The Labute approximate surface area is 202 Å². The third-order valence-electron chi connectivity index (χ3n) is 5.32. The van der Waals surface area contributed by atoms with Crippen molar-refractivity contribution in [3.8, 4) is 11.5 Å². The molecule has 4 rings (SSSR count). The predicted octanol–water partition coefficient (Wildman–Crippen LogP) is 3.02. The summed E-state index contributed by atoms with van der Waals surface area (Å²) in [5.74, 6) is -0.691. The van der Waals surface area contributed by atoms with E-state index in [9.17, 15) is 9.59 Å². The van der Waals surface area contributed by atoms with Gasteiger partial charge in [0, 0.05) is 19.3 Å². The van der Waals surface area contributed by atoms with Crippen molar-refractivity contribution in [3.63, 3.8) is 0 Å². The summed E-state index contributed by atoms with van der Waals surface area (Å²) in [5, 5.41) is 7.52. The zero-order chi connectivity index (χ0) is 23.9. The number of H-pyrrole nitrogens is 1. The molecule has 14 heteroatoms. The van der Waals surface area contributed by atoms with E-state index in [1.54, 1.807) is 18.9 Å². The Bertz CT molecular complexity index is 1210. The van der Waals surface area contributed by atoms with Gasteiger partial charge in [-0.05, 0) is 13.3 Å². The quantitative estimate of drug-likeness (QED) is 0.501. The lowest BCUT2D eigenvalue weighted by atomic mass is 10.0. The smallest absolute Gasteiger partial charge is 0.350 e. The number of halogens is 3. The Morgan fingerprint density at radius 1 is 1.36 bits per heavy atom. The summed E-state index contributed by atoms with van der Waals surface area (Å²) in [6.07, 6.45) is 0.299. The van der Waals surface area contributed by atoms with Crippen molar-refractivity contribution in [3.05, 3.63) is 32.6 Å². The average molecular weight is 516 g/mol. The van der Waals surface area contributed by atoms with Crippen LogP contribution in [0.4, 0.5) is 9.52 Å². The maximum Gasteiger partial charge on any atom is 0.350 e. The Morgan fingerprint density at radius 3 is 2.70 bits per heavy atom. The molecule has 0 aromatic carbocycles. The molecule has 1 aliphatic rings. The summed E-state index contributed by atoms with van der Waals surface area (Å²) in [7, 11) is 2.96. The fourth-order valence-electron chi connectivity index (χ4n) is 3.55. The number of piperidine rings is 1. The van der Waals surface area contributed by atoms with Crippen molar-refractivity contribution in [1.82, 2.24) is 30.0 Å². The number of anilines is 1. The van der Waals surface area contributed by atoms with E-state index in [1.165, 1.54) is 18.1 Å². The molecule has 0 saturated carbocycles. The second kappa shape index (κ2) is 9.27. The number of thiazole rings is 1. The molecule has 1 saturated heterocycles. The van der Waals surface area contributed by atoms with Crippen LogP contribution >= 0.6 is 34.5 Å². The molecule has 4 heterocycles. The highest BCUT2D eigenvalue weighted by molar-refractivity contribution is 7.17. The first-order chi connectivity index (χ1) is 15.7. The number of rotatable bonds is 5. The number of carbonyl (C=O) groups excluding carboxylic acids is 2. The van der Waals surface area contributed by atoms with E-state index >= 15 is 4.39 Å². The van der Waals surface area contributed by atoms with E-state index in [0.717, 1.165) is 11.3 Å². The van der Waals surface area contributed by atoms with Gasteiger partial charge in [0.25, 0.3) is 5.91 Å². The molecule has 10 nitrogen and oxygen atoms in total. The number of methoxy groups -OCH3 is 1. The van der Waals surface area contributed by atoms with Crippen LogP contribution in [-0.4, -0.2) is 69.0 Å². The lowest BCUT2D eigenvalue weighted by Gasteiger charge is -2.34. The number of alkyl halides is 1. The molecule has 33 heavy (non-hydrogen) atoms. The zero-order valence-corrected chi connectivity index (χ0v) is 20.2. The van der Waals surface area contributed by atoms with Gasteiger partial charge in [-0.2, -0.15) is 5.10 Å². The summed E-state index contributed by atoms with van der Waals surface area (Å²) in [6, 6.07) is -0.717. The minimum absolute atomic E-state index is 0.0183. The van der Waals surface area contributed by atoms with Crippen LogP contribution in [0.15, 0.2) is 6.33 Å². The molecule has 0 radical (unpaired) electrons. The van der Waals surface area contributed by atoms with Crippen molar-refractivity contribution in [1.29, 1.82) is 0 Å². The Balaban J connectivity index is 1.50. The zero-order valence-electron chi connectivity index (χ0n) is 17.9. The number of aromatic amines is 1. The number of nitrogens with zero attached hydrogens (tertiary/aromatic N) is 5. The molecule has 2 N–H and O–H groups in total. The maximum atomic E-state index is 15.0.